The molecule has 0 spiro atoms. The number of amides is 3. The summed E-state index contributed by atoms with van der Waals surface area (Å²) in [5, 5.41) is 51.4. The molecule has 9 N–H and O–H groups in total. The van der Waals surface area contributed by atoms with Gasteiger partial charge in [0.15, 0.2) is 0 Å². The lowest BCUT2D eigenvalue weighted by molar-refractivity contribution is -0.139. The number of anilines is 1. The van der Waals surface area contributed by atoms with Crippen molar-refractivity contribution in [2.45, 2.75) is 25.7 Å². The lowest BCUT2D eigenvalue weighted by atomic mass is 9.78. The second-order valence-corrected chi connectivity index (χ2v) is 11.3. The number of carbonyl (C=O) groups is 6. The number of carbonyl (C=O) groups excluding carboxylic acids is 3. The van der Waals surface area contributed by atoms with E-state index < -0.39 is 48.7 Å². The number of rotatable bonds is 24. The maximum atomic E-state index is 12.9. The molecule has 0 unspecified atom stereocenters. The van der Waals surface area contributed by atoms with E-state index in [9.17, 15) is 49.0 Å². The van der Waals surface area contributed by atoms with Gasteiger partial charge in [-0.05, 0) is 31.5 Å². The second kappa shape index (κ2) is 21.5. The summed E-state index contributed by atoms with van der Waals surface area (Å²) in [6.07, 6.45) is 2.32. The van der Waals surface area contributed by atoms with Crippen LogP contribution in [-0.4, -0.2) is 184 Å². The first kappa shape index (κ1) is 40.8. The van der Waals surface area contributed by atoms with Crippen LogP contribution < -0.4 is 21.5 Å². The minimum atomic E-state index is -1.66. The first-order valence-electron chi connectivity index (χ1n) is 15.8. The van der Waals surface area contributed by atoms with Gasteiger partial charge in [-0.25, -0.2) is 4.98 Å². The predicted octanol–water partition coefficient (Wildman–Crippen LogP) is -3.97. The molecule has 1 saturated heterocycles. The highest BCUT2D eigenvalue weighted by atomic mass is 16.4. The average Bonchev–Trinajstić information content (AvgIpc) is 3.55. The monoisotopic (exact) mass is 695 g/mol. The summed E-state index contributed by atoms with van der Waals surface area (Å²) in [6.45, 7) is 2.91. The molecule has 2 heterocycles. The zero-order valence-corrected chi connectivity index (χ0v) is 27.4. The summed E-state index contributed by atoms with van der Waals surface area (Å²) in [5.41, 5.74) is 5.29. The van der Waals surface area contributed by atoms with E-state index in [-0.39, 0.29) is 76.8 Å². The molecule has 49 heavy (non-hydrogen) atoms. The van der Waals surface area contributed by atoms with Crippen LogP contribution in [0.5, 0.6) is 0 Å². The lowest BCUT2D eigenvalue weighted by Crippen LogP contribution is -2.48. The van der Waals surface area contributed by atoms with Crippen molar-refractivity contribution in [3.63, 3.8) is 0 Å². The van der Waals surface area contributed by atoms with E-state index in [1.54, 1.807) is 21.6 Å². The summed E-state index contributed by atoms with van der Waals surface area (Å²) in [6, 6.07) is 2.86. The summed E-state index contributed by atoms with van der Waals surface area (Å²) in [4.78, 5) is 81.6. The summed E-state index contributed by atoms with van der Waals surface area (Å²) in [5.74, 6) is -5.14. The molecule has 1 aromatic heterocycles. The van der Waals surface area contributed by atoms with Crippen molar-refractivity contribution in [2.24, 2.45) is 0 Å². The summed E-state index contributed by atoms with van der Waals surface area (Å²) >= 11 is 0. The number of aromatic nitrogens is 1. The van der Waals surface area contributed by atoms with Crippen LogP contribution in [0, 0.1) is 0 Å². The lowest BCUT2D eigenvalue weighted by Gasteiger charge is -2.28. The first-order valence-corrected chi connectivity index (χ1v) is 15.8. The van der Waals surface area contributed by atoms with Gasteiger partial charge in [-0.1, -0.05) is 6.92 Å². The minimum Gasteiger partial charge on any atom is -0.480 e. The Balaban J connectivity index is 1.93. The van der Waals surface area contributed by atoms with E-state index in [0.29, 0.717) is 32.5 Å². The van der Waals surface area contributed by atoms with Crippen LogP contribution in [-0.2, 0) is 24.0 Å². The normalized spacial score (nSPS) is 14.2. The number of pyridine rings is 1. The number of nitrogens with one attached hydrogen (secondary N) is 4. The Kier molecular flexibility index (Phi) is 17.9. The maximum Gasteiger partial charge on any atom is 0.475 e. The fraction of sp³-hybridized carbons (Fsp3) is 0.607. The van der Waals surface area contributed by atoms with Gasteiger partial charge in [-0.15, -0.1) is 0 Å². The Morgan fingerprint density at radius 2 is 1.51 bits per heavy atom. The Morgan fingerprint density at radius 3 is 2.08 bits per heavy atom. The summed E-state index contributed by atoms with van der Waals surface area (Å²) in [7, 11) is -1.66. The Hall–Kier alpha value is -4.41. The average molecular weight is 696 g/mol. The Bertz CT molecular complexity index is 1260. The van der Waals surface area contributed by atoms with Gasteiger partial charge in [0.05, 0.1) is 44.2 Å². The largest absolute Gasteiger partial charge is 0.480 e. The van der Waals surface area contributed by atoms with Gasteiger partial charge in [0.2, 0.25) is 5.91 Å². The van der Waals surface area contributed by atoms with Crippen molar-refractivity contribution in [3.05, 3.63) is 23.9 Å². The standard InChI is InChI=1S/C28H46BN9O11/c1-2-35(18-26(43)44)10-11-37(13-12-36(19-27(45)46)9-7-30-16-25(41)42)17-23(39)34-33-22-6-5-20(14-31-22)28(47)32-15-24(40)38-8-3-4-21(38)29(48)49/h5-6,14,21,30,48-49H,2-4,7-13,15-19H2,1H3,(H,31,33)(H,32,47)(H,34,39)(H,41,42)(H,43,44)(H,45,46)/t21-/m0/s1. The van der Waals surface area contributed by atoms with Crippen molar-refractivity contribution >= 4 is 48.6 Å². The number of hydrogen-bond donors (Lipinski definition) is 9. The molecule has 1 aromatic rings. The molecule has 272 valence electrons. The molecule has 0 radical (unpaired) electrons. The number of nitrogens with zero attached hydrogens (tertiary/aromatic N) is 5. The van der Waals surface area contributed by atoms with Crippen LogP contribution in [0.1, 0.15) is 30.1 Å². The highest BCUT2D eigenvalue weighted by molar-refractivity contribution is 6.43. The summed E-state index contributed by atoms with van der Waals surface area (Å²) < 4.78 is 0. The highest BCUT2D eigenvalue weighted by Crippen LogP contribution is 2.17. The molecule has 0 bridgehead atoms. The van der Waals surface area contributed by atoms with E-state index in [2.05, 4.69) is 26.5 Å². The molecule has 1 aliphatic rings. The van der Waals surface area contributed by atoms with Crippen LogP contribution in [0.2, 0.25) is 0 Å². The first-order chi connectivity index (χ1) is 23.3. The molecule has 1 fully saturated rings. The highest BCUT2D eigenvalue weighted by Gasteiger charge is 2.36. The van der Waals surface area contributed by atoms with Crippen LogP contribution in [0.25, 0.3) is 0 Å². The van der Waals surface area contributed by atoms with Crippen LogP contribution in [0.3, 0.4) is 0 Å². The third-order valence-corrected chi connectivity index (χ3v) is 7.60. The number of likely N-dealkylation sites (tertiary alicyclic amines) is 1. The number of hydrazine groups is 1. The molecule has 20 nitrogen and oxygen atoms in total. The van der Waals surface area contributed by atoms with E-state index >= 15 is 0 Å². The van der Waals surface area contributed by atoms with E-state index in [4.69, 9.17) is 5.11 Å². The third-order valence-electron chi connectivity index (χ3n) is 7.60. The fourth-order valence-electron chi connectivity index (χ4n) is 5.02. The number of carboxylic acids is 3. The number of hydrogen-bond acceptors (Lipinski definition) is 14. The van der Waals surface area contributed by atoms with Gasteiger partial charge in [0.25, 0.3) is 11.8 Å². The van der Waals surface area contributed by atoms with E-state index in [0.717, 1.165) is 0 Å². The maximum absolute atomic E-state index is 12.9. The van der Waals surface area contributed by atoms with Crippen molar-refractivity contribution < 1.29 is 54.1 Å². The molecule has 0 aliphatic carbocycles. The molecular weight excluding hydrogens is 649 g/mol. The quantitative estimate of drug-likeness (QED) is 0.0283. The van der Waals surface area contributed by atoms with Crippen molar-refractivity contribution in [3.8, 4) is 0 Å². The SMILES string of the molecule is CCN(CCN(CCN(CCNCC(=O)O)CC(=O)O)CC(=O)NNc1ccc(C(=O)NCC(=O)N2CCC[C@H]2B(O)O)cn1)CC(=O)O. The molecule has 1 atom stereocenters. The van der Waals surface area contributed by atoms with Gasteiger partial charge in [-0.2, -0.15) is 0 Å². The predicted molar refractivity (Wildman–Crippen MR) is 174 cm³/mol. The van der Waals surface area contributed by atoms with Crippen LogP contribution in [0.15, 0.2) is 18.3 Å². The minimum absolute atomic E-state index is 0.141. The van der Waals surface area contributed by atoms with Crippen molar-refractivity contribution in [1.82, 2.24) is 40.6 Å². The zero-order chi connectivity index (χ0) is 36.3. The van der Waals surface area contributed by atoms with Gasteiger partial charge in [0.1, 0.15) is 5.82 Å². The molecular formula is C28H46BN9O11. The van der Waals surface area contributed by atoms with Crippen molar-refractivity contribution in [1.29, 1.82) is 0 Å². The van der Waals surface area contributed by atoms with Gasteiger partial charge in [-0.3, -0.25) is 54.3 Å². The van der Waals surface area contributed by atoms with Gasteiger partial charge >= 0.3 is 25.0 Å². The Morgan fingerprint density at radius 1 is 0.878 bits per heavy atom. The number of aliphatic carboxylic acids is 3. The van der Waals surface area contributed by atoms with Crippen LogP contribution in [0.4, 0.5) is 5.82 Å². The molecule has 2 rings (SSSR count). The molecule has 3 amide bonds. The van der Waals surface area contributed by atoms with Crippen molar-refractivity contribution in [2.75, 3.05) is 90.5 Å². The smallest absolute Gasteiger partial charge is 0.475 e. The molecule has 0 saturated carbocycles. The zero-order valence-electron chi connectivity index (χ0n) is 27.4. The fourth-order valence-corrected chi connectivity index (χ4v) is 5.02. The number of likely N-dealkylation sites (N-methyl/N-ethyl adjacent to an activating group) is 1. The van der Waals surface area contributed by atoms with Gasteiger partial charge < -0.3 is 40.9 Å². The van der Waals surface area contributed by atoms with Crippen LogP contribution >= 0.6 is 0 Å². The Labute approximate surface area is 283 Å². The van der Waals surface area contributed by atoms with Gasteiger partial charge in [0, 0.05) is 52.0 Å². The molecule has 0 aromatic carbocycles. The second-order valence-electron chi connectivity index (χ2n) is 11.3. The molecule has 1 aliphatic heterocycles. The van der Waals surface area contributed by atoms with E-state index in [1.807, 2.05) is 0 Å². The molecule has 21 heteroatoms. The number of carboxylic acid groups (broad SMARTS) is 3. The topological polar surface area (TPSA) is 278 Å². The third kappa shape index (κ3) is 16.0. The van der Waals surface area contributed by atoms with E-state index in [1.165, 1.54) is 23.2 Å².